The first-order valence-corrected chi connectivity index (χ1v) is 9.61. The molecule has 0 aromatic heterocycles. The van der Waals surface area contributed by atoms with Crippen LogP contribution in [-0.2, 0) is 4.74 Å². The summed E-state index contributed by atoms with van der Waals surface area (Å²) in [6.07, 6.45) is 4.41. The zero-order chi connectivity index (χ0) is 18.8. The fraction of sp³-hybridized carbons (Fsp3) is 0.650. The average molecular weight is 493 g/mol. The summed E-state index contributed by atoms with van der Waals surface area (Å²) < 4.78 is 25.1. The maximum absolute atomic E-state index is 14.2. The molecule has 0 aliphatic heterocycles. The van der Waals surface area contributed by atoms with E-state index in [9.17, 15) is 4.39 Å². The normalized spacial score (nSPS) is 15.0. The van der Waals surface area contributed by atoms with Crippen molar-refractivity contribution in [3.63, 3.8) is 0 Å². The molecule has 0 bridgehead atoms. The summed E-state index contributed by atoms with van der Waals surface area (Å²) in [6.45, 7) is 6.97. The van der Waals surface area contributed by atoms with Crippen LogP contribution in [0.2, 0.25) is 0 Å². The molecular weight excluding hydrogens is 460 g/mol. The molecule has 0 amide bonds. The molecule has 1 atom stereocenters. The van der Waals surface area contributed by atoms with Crippen molar-refractivity contribution in [2.45, 2.75) is 45.6 Å². The van der Waals surface area contributed by atoms with Gasteiger partial charge >= 0.3 is 0 Å². The molecule has 1 aromatic carbocycles. The van der Waals surface area contributed by atoms with Crippen molar-refractivity contribution in [1.29, 1.82) is 0 Å². The quantitative estimate of drug-likeness (QED) is 0.209. The van der Waals surface area contributed by atoms with Crippen LogP contribution in [0.1, 0.15) is 51.1 Å². The molecule has 0 spiro atoms. The van der Waals surface area contributed by atoms with Crippen molar-refractivity contribution in [2.24, 2.45) is 10.9 Å². The van der Waals surface area contributed by atoms with E-state index in [4.69, 9.17) is 9.47 Å². The Kier molecular flexibility index (Phi) is 11.7. The second-order valence-corrected chi connectivity index (χ2v) is 6.71. The Labute approximate surface area is 179 Å². The number of aliphatic imine (C=N–C) groups is 1. The standard InChI is InChI=1S/C20H32FN3O2.HI/c1-4-25-12-6-5-11-23-20(22-3)24-15(2)17-9-10-19(18(21)13-17)26-14-16-7-8-16;/h9-10,13,15-16H,4-8,11-12,14H2,1-3H3,(H2,22,23,24);1H. The van der Waals surface area contributed by atoms with E-state index in [0.29, 0.717) is 24.2 Å². The van der Waals surface area contributed by atoms with Crippen molar-refractivity contribution in [3.05, 3.63) is 29.6 Å². The summed E-state index contributed by atoms with van der Waals surface area (Å²) in [5.74, 6) is 1.35. The molecule has 0 saturated heterocycles. The number of unbranched alkanes of at least 4 members (excludes halogenated alkanes) is 1. The lowest BCUT2D eigenvalue weighted by Crippen LogP contribution is -2.39. The molecule has 0 radical (unpaired) electrons. The number of ether oxygens (including phenoxy) is 2. The molecule has 1 unspecified atom stereocenters. The van der Waals surface area contributed by atoms with Gasteiger partial charge in [-0.25, -0.2) is 4.39 Å². The molecule has 1 aliphatic carbocycles. The summed E-state index contributed by atoms with van der Waals surface area (Å²) >= 11 is 0. The molecule has 2 N–H and O–H groups in total. The lowest BCUT2D eigenvalue weighted by atomic mass is 10.1. The Balaban J connectivity index is 0.00000364. The van der Waals surface area contributed by atoms with Crippen LogP contribution in [0.3, 0.4) is 0 Å². The zero-order valence-electron chi connectivity index (χ0n) is 16.6. The molecule has 154 valence electrons. The van der Waals surface area contributed by atoms with Crippen molar-refractivity contribution in [2.75, 3.05) is 33.4 Å². The van der Waals surface area contributed by atoms with Gasteiger partial charge in [0, 0.05) is 26.8 Å². The van der Waals surface area contributed by atoms with E-state index < -0.39 is 0 Å². The third-order valence-corrected chi connectivity index (χ3v) is 4.42. The Morgan fingerprint density at radius 1 is 1.33 bits per heavy atom. The van der Waals surface area contributed by atoms with Gasteiger partial charge in [0.1, 0.15) is 0 Å². The number of guanidine groups is 1. The third kappa shape index (κ3) is 9.10. The van der Waals surface area contributed by atoms with Gasteiger partial charge < -0.3 is 20.1 Å². The minimum absolute atomic E-state index is 0. The van der Waals surface area contributed by atoms with Gasteiger partial charge in [0.15, 0.2) is 17.5 Å². The topological polar surface area (TPSA) is 54.9 Å². The largest absolute Gasteiger partial charge is 0.490 e. The van der Waals surface area contributed by atoms with Gasteiger partial charge in [-0.2, -0.15) is 0 Å². The highest BCUT2D eigenvalue weighted by atomic mass is 127. The summed E-state index contributed by atoms with van der Waals surface area (Å²) in [4.78, 5) is 4.23. The van der Waals surface area contributed by atoms with E-state index in [1.54, 1.807) is 13.1 Å². The zero-order valence-corrected chi connectivity index (χ0v) is 18.9. The average Bonchev–Trinajstić information content (AvgIpc) is 3.46. The summed E-state index contributed by atoms with van der Waals surface area (Å²) in [6, 6.07) is 5.10. The maximum atomic E-state index is 14.2. The first kappa shape index (κ1) is 23.9. The molecule has 27 heavy (non-hydrogen) atoms. The molecule has 0 heterocycles. The smallest absolute Gasteiger partial charge is 0.191 e. The highest BCUT2D eigenvalue weighted by molar-refractivity contribution is 14.0. The van der Waals surface area contributed by atoms with E-state index in [1.165, 1.54) is 18.9 Å². The molecule has 2 rings (SSSR count). The Morgan fingerprint density at radius 2 is 2.11 bits per heavy atom. The minimum atomic E-state index is -0.310. The molecule has 7 heteroatoms. The van der Waals surface area contributed by atoms with Gasteiger partial charge in [-0.15, -0.1) is 24.0 Å². The molecule has 1 saturated carbocycles. The molecule has 1 aliphatic rings. The lowest BCUT2D eigenvalue weighted by molar-refractivity contribution is 0.143. The van der Waals surface area contributed by atoms with Crippen LogP contribution in [0.4, 0.5) is 4.39 Å². The van der Waals surface area contributed by atoms with Gasteiger partial charge in [0.05, 0.1) is 12.6 Å². The van der Waals surface area contributed by atoms with Crippen LogP contribution in [0.25, 0.3) is 0 Å². The lowest BCUT2D eigenvalue weighted by Gasteiger charge is -2.19. The summed E-state index contributed by atoms with van der Waals surface area (Å²) in [5.41, 5.74) is 0.862. The van der Waals surface area contributed by atoms with Crippen LogP contribution < -0.4 is 15.4 Å². The number of nitrogens with one attached hydrogen (secondary N) is 2. The predicted molar refractivity (Wildman–Crippen MR) is 119 cm³/mol. The van der Waals surface area contributed by atoms with Crippen molar-refractivity contribution in [3.8, 4) is 5.75 Å². The SMILES string of the molecule is CCOCCCCNC(=NC)NC(C)c1ccc(OCC2CC2)c(F)c1.I. The van der Waals surface area contributed by atoms with Gasteiger partial charge in [0.25, 0.3) is 0 Å². The maximum Gasteiger partial charge on any atom is 0.191 e. The van der Waals surface area contributed by atoms with Crippen LogP contribution in [0.15, 0.2) is 23.2 Å². The van der Waals surface area contributed by atoms with Crippen LogP contribution >= 0.6 is 24.0 Å². The molecule has 1 aromatic rings. The van der Waals surface area contributed by atoms with Crippen molar-refractivity contribution >= 4 is 29.9 Å². The Hall–Kier alpha value is -1.09. The second-order valence-electron chi connectivity index (χ2n) is 6.71. The Morgan fingerprint density at radius 3 is 2.74 bits per heavy atom. The van der Waals surface area contributed by atoms with Gasteiger partial charge in [0.2, 0.25) is 0 Å². The van der Waals surface area contributed by atoms with E-state index in [-0.39, 0.29) is 35.8 Å². The molecule has 5 nitrogen and oxygen atoms in total. The highest BCUT2D eigenvalue weighted by Crippen LogP contribution is 2.30. The monoisotopic (exact) mass is 493 g/mol. The van der Waals surface area contributed by atoms with Gasteiger partial charge in [-0.3, -0.25) is 4.99 Å². The van der Waals surface area contributed by atoms with Crippen LogP contribution in [0, 0.1) is 11.7 Å². The second kappa shape index (κ2) is 13.1. The van der Waals surface area contributed by atoms with Gasteiger partial charge in [-0.1, -0.05) is 6.07 Å². The number of hydrogen-bond acceptors (Lipinski definition) is 3. The van der Waals surface area contributed by atoms with Crippen LogP contribution in [-0.4, -0.2) is 39.4 Å². The number of hydrogen-bond donors (Lipinski definition) is 2. The number of nitrogens with zero attached hydrogens (tertiary/aromatic N) is 1. The predicted octanol–water partition coefficient (Wildman–Crippen LogP) is 4.28. The number of halogens is 2. The van der Waals surface area contributed by atoms with Gasteiger partial charge in [-0.05, 0) is 63.1 Å². The first-order chi connectivity index (χ1) is 12.6. The van der Waals surface area contributed by atoms with Crippen LogP contribution in [0.5, 0.6) is 5.75 Å². The summed E-state index contributed by atoms with van der Waals surface area (Å²) in [7, 11) is 1.73. The highest BCUT2D eigenvalue weighted by Gasteiger charge is 2.22. The minimum Gasteiger partial charge on any atom is -0.490 e. The fourth-order valence-electron chi connectivity index (χ4n) is 2.56. The van der Waals surface area contributed by atoms with E-state index in [0.717, 1.165) is 38.2 Å². The number of benzene rings is 1. The Bertz CT molecular complexity index is 582. The summed E-state index contributed by atoms with van der Waals surface area (Å²) in [5, 5.41) is 6.57. The van der Waals surface area contributed by atoms with Crippen molar-refractivity contribution < 1.29 is 13.9 Å². The van der Waals surface area contributed by atoms with Crippen molar-refractivity contribution in [1.82, 2.24) is 10.6 Å². The third-order valence-electron chi connectivity index (χ3n) is 4.42. The molecular formula is C20H33FIN3O2. The number of rotatable bonds is 11. The van der Waals surface area contributed by atoms with E-state index >= 15 is 0 Å². The first-order valence-electron chi connectivity index (χ1n) is 9.61. The molecule has 1 fully saturated rings. The van der Waals surface area contributed by atoms with E-state index in [2.05, 4.69) is 15.6 Å². The fourth-order valence-corrected chi connectivity index (χ4v) is 2.56. The van der Waals surface area contributed by atoms with E-state index in [1.807, 2.05) is 19.9 Å².